The zero-order valence-electron chi connectivity index (χ0n) is 20.0. The molecule has 35 heavy (non-hydrogen) atoms. The maximum absolute atomic E-state index is 13.9. The van der Waals surface area contributed by atoms with Gasteiger partial charge in [0.25, 0.3) is 5.91 Å². The van der Waals surface area contributed by atoms with E-state index in [9.17, 15) is 9.59 Å². The highest BCUT2D eigenvalue weighted by molar-refractivity contribution is 6.03. The minimum atomic E-state index is -1.10. The van der Waals surface area contributed by atoms with Gasteiger partial charge < -0.3 is 19.5 Å². The number of hydrogen-bond donors (Lipinski definition) is 1. The molecule has 178 valence electrons. The van der Waals surface area contributed by atoms with Crippen LogP contribution in [0.4, 0.5) is 0 Å². The summed E-state index contributed by atoms with van der Waals surface area (Å²) < 4.78 is 7.80. The molecule has 0 saturated heterocycles. The topological polar surface area (TPSA) is 63.6 Å². The molecule has 1 atom stereocenters. The number of nitrogens with one attached hydrogen (secondary N) is 1. The summed E-state index contributed by atoms with van der Waals surface area (Å²) in [7, 11) is 0. The molecule has 1 aromatic heterocycles. The summed E-state index contributed by atoms with van der Waals surface area (Å²) in [5.74, 6) is 0.365. The van der Waals surface area contributed by atoms with Gasteiger partial charge >= 0.3 is 0 Å². The number of carbonyl (C=O) groups excluding carboxylic acids is 2. The number of carbonyl (C=O) groups is 2. The second-order valence-electron chi connectivity index (χ2n) is 9.05. The van der Waals surface area contributed by atoms with Gasteiger partial charge in [-0.3, -0.25) is 9.59 Å². The van der Waals surface area contributed by atoms with Gasteiger partial charge in [0.1, 0.15) is 17.0 Å². The molecule has 1 aliphatic rings. The Balaban J connectivity index is 1.54. The summed E-state index contributed by atoms with van der Waals surface area (Å²) in [6.45, 7) is 5.33. The number of amides is 2. The maximum Gasteiger partial charge on any atom is 0.271 e. The number of para-hydroxylation sites is 2. The highest BCUT2D eigenvalue weighted by atomic mass is 16.5. The molecule has 0 saturated carbocycles. The molecular weight excluding hydrogens is 438 g/mol. The molecule has 0 bridgehead atoms. The quantitative estimate of drug-likeness (QED) is 0.426. The fourth-order valence-electron chi connectivity index (χ4n) is 4.82. The number of fused-ring (bicyclic) bond motifs is 3. The zero-order valence-corrected chi connectivity index (χ0v) is 20.0. The normalized spacial score (nSPS) is 17.3. The van der Waals surface area contributed by atoms with Crippen molar-refractivity contribution in [3.63, 3.8) is 0 Å². The molecule has 2 amide bonds. The first-order chi connectivity index (χ1) is 17.0. The predicted octanol–water partition coefficient (Wildman–Crippen LogP) is 4.77. The van der Waals surface area contributed by atoms with Crippen LogP contribution in [0.5, 0.6) is 5.75 Å². The van der Waals surface area contributed by atoms with Crippen LogP contribution in [-0.4, -0.2) is 33.4 Å². The number of hydrogen-bond acceptors (Lipinski definition) is 3. The van der Waals surface area contributed by atoms with Crippen molar-refractivity contribution >= 4 is 22.7 Å². The summed E-state index contributed by atoms with van der Waals surface area (Å²) in [5.41, 5.74) is 2.32. The van der Waals surface area contributed by atoms with Crippen LogP contribution in [0.25, 0.3) is 10.9 Å². The summed E-state index contributed by atoms with van der Waals surface area (Å²) >= 11 is 0. The lowest BCUT2D eigenvalue weighted by molar-refractivity contribution is -0.133. The molecule has 0 fully saturated rings. The highest BCUT2D eigenvalue weighted by Crippen LogP contribution is 2.34. The lowest BCUT2D eigenvalue weighted by atomic mass is 9.93. The van der Waals surface area contributed by atoms with Crippen LogP contribution >= 0.6 is 0 Å². The number of aromatic nitrogens is 1. The Kier molecular flexibility index (Phi) is 6.03. The number of benzene rings is 3. The van der Waals surface area contributed by atoms with E-state index in [1.807, 2.05) is 103 Å². The number of nitrogens with zero attached hydrogens (tertiary/aromatic N) is 2. The summed E-state index contributed by atoms with van der Waals surface area (Å²) in [6.07, 6.45) is 0. The SMILES string of the molecule is CCOc1ccccc1CN1C(=O)c2cc3ccccc3n2CC1(C)C(=O)NCc1ccccc1. The van der Waals surface area contributed by atoms with Gasteiger partial charge in [-0.2, -0.15) is 0 Å². The molecule has 4 aromatic rings. The van der Waals surface area contributed by atoms with Crippen molar-refractivity contribution in [3.05, 3.63) is 102 Å². The van der Waals surface area contributed by atoms with Gasteiger partial charge in [0.05, 0.1) is 19.7 Å². The summed E-state index contributed by atoms with van der Waals surface area (Å²) in [6, 6.07) is 27.3. The lowest BCUT2D eigenvalue weighted by Crippen LogP contribution is -2.63. The van der Waals surface area contributed by atoms with Crippen LogP contribution in [0.15, 0.2) is 84.9 Å². The highest BCUT2D eigenvalue weighted by Gasteiger charge is 2.47. The third kappa shape index (κ3) is 4.16. The maximum atomic E-state index is 13.9. The van der Waals surface area contributed by atoms with E-state index in [-0.39, 0.29) is 18.4 Å². The van der Waals surface area contributed by atoms with E-state index in [1.165, 1.54) is 0 Å². The van der Waals surface area contributed by atoms with Gasteiger partial charge in [-0.1, -0.05) is 66.7 Å². The molecule has 0 radical (unpaired) electrons. The molecular formula is C29H29N3O3. The van der Waals surface area contributed by atoms with Crippen LogP contribution < -0.4 is 10.1 Å². The number of rotatable bonds is 7. The van der Waals surface area contributed by atoms with Crippen LogP contribution in [0.2, 0.25) is 0 Å². The molecule has 1 unspecified atom stereocenters. The van der Waals surface area contributed by atoms with Gasteiger partial charge in [-0.15, -0.1) is 0 Å². The van der Waals surface area contributed by atoms with Crippen molar-refractivity contribution in [1.29, 1.82) is 0 Å². The predicted molar refractivity (Wildman–Crippen MR) is 136 cm³/mol. The van der Waals surface area contributed by atoms with E-state index < -0.39 is 5.54 Å². The zero-order chi connectivity index (χ0) is 24.4. The van der Waals surface area contributed by atoms with Crippen LogP contribution in [-0.2, 0) is 24.4 Å². The molecule has 6 heteroatoms. The van der Waals surface area contributed by atoms with Gasteiger partial charge in [0.15, 0.2) is 0 Å². The standard InChI is InChI=1S/C29H29N3O3/c1-3-35-26-16-10-8-14-23(26)19-32-27(33)25-17-22-13-7-9-15-24(22)31(25)20-29(32,2)28(34)30-18-21-11-5-4-6-12-21/h4-17H,3,18-20H2,1-2H3,(H,30,34). The first-order valence-electron chi connectivity index (χ1n) is 11.9. The van der Waals surface area contributed by atoms with Crippen molar-refractivity contribution in [2.75, 3.05) is 6.61 Å². The van der Waals surface area contributed by atoms with Gasteiger partial charge in [0.2, 0.25) is 5.91 Å². The van der Waals surface area contributed by atoms with E-state index >= 15 is 0 Å². The Bertz CT molecular complexity index is 1380. The van der Waals surface area contributed by atoms with Crippen LogP contribution in [0.3, 0.4) is 0 Å². The Morgan fingerprint density at radius 2 is 1.71 bits per heavy atom. The molecule has 1 aliphatic heterocycles. The van der Waals surface area contributed by atoms with Crippen molar-refractivity contribution in [2.24, 2.45) is 0 Å². The summed E-state index contributed by atoms with van der Waals surface area (Å²) in [4.78, 5) is 29.4. The molecule has 3 aromatic carbocycles. The second-order valence-corrected chi connectivity index (χ2v) is 9.05. The van der Waals surface area contributed by atoms with E-state index in [1.54, 1.807) is 4.90 Å². The smallest absolute Gasteiger partial charge is 0.271 e. The fourth-order valence-corrected chi connectivity index (χ4v) is 4.82. The minimum absolute atomic E-state index is 0.170. The fraction of sp³-hybridized carbons (Fsp3) is 0.241. The third-order valence-corrected chi connectivity index (χ3v) is 6.72. The third-order valence-electron chi connectivity index (χ3n) is 6.72. The van der Waals surface area contributed by atoms with Crippen LogP contribution in [0.1, 0.15) is 35.5 Å². The van der Waals surface area contributed by atoms with Gasteiger partial charge in [-0.25, -0.2) is 0 Å². The lowest BCUT2D eigenvalue weighted by Gasteiger charge is -2.44. The minimum Gasteiger partial charge on any atom is -0.494 e. The molecule has 5 rings (SSSR count). The van der Waals surface area contributed by atoms with E-state index in [4.69, 9.17) is 4.74 Å². The van der Waals surface area contributed by atoms with Gasteiger partial charge in [0, 0.05) is 23.0 Å². The van der Waals surface area contributed by atoms with E-state index in [0.29, 0.717) is 25.4 Å². The molecule has 0 spiro atoms. The first kappa shape index (κ1) is 22.7. The first-order valence-corrected chi connectivity index (χ1v) is 11.9. The van der Waals surface area contributed by atoms with Crippen molar-refractivity contribution in [3.8, 4) is 5.75 Å². The Morgan fingerprint density at radius 3 is 2.51 bits per heavy atom. The molecule has 6 nitrogen and oxygen atoms in total. The Hall–Kier alpha value is -4.06. The van der Waals surface area contributed by atoms with Crippen molar-refractivity contribution in [1.82, 2.24) is 14.8 Å². The average Bonchev–Trinajstić information content (AvgIpc) is 3.25. The molecule has 1 N–H and O–H groups in total. The van der Waals surface area contributed by atoms with Gasteiger partial charge in [-0.05, 0) is 37.6 Å². The molecule has 2 heterocycles. The van der Waals surface area contributed by atoms with E-state index in [0.717, 1.165) is 27.8 Å². The number of ether oxygens (including phenoxy) is 1. The van der Waals surface area contributed by atoms with Crippen LogP contribution in [0, 0.1) is 0 Å². The van der Waals surface area contributed by atoms with Crippen molar-refractivity contribution < 1.29 is 14.3 Å². The monoisotopic (exact) mass is 467 g/mol. The Morgan fingerprint density at radius 1 is 1.00 bits per heavy atom. The van der Waals surface area contributed by atoms with Crippen molar-refractivity contribution in [2.45, 2.75) is 39.0 Å². The molecule has 0 aliphatic carbocycles. The van der Waals surface area contributed by atoms with E-state index in [2.05, 4.69) is 5.32 Å². The Labute approximate surface area is 205 Å². The second kappa shape index (κ2) is 9.29. The average molecular weight is 468 g/mol. The summed E-state index contributed by atoms with van der Waals surface area (Å²) in [5, 5.41) is 4.06. The largest absolute Gasteiger partial charge is 0.494 e.